The van der Waals surface area contributed by atoms with Crippen LogP contribution in [0, 0.1) is 0 Å². The third kappa shape index (κ3) is 6.64. The summed E-state index contributed by atoms with van der Waals surface area (Å²) in [5, 5.41) is 12.8. The Morgan fingerprint density at radius 1 is 1.09 bits per heavy atom. The van der Waals surface area contributed by atoms with E-state index in [1.165, 1.54) is 31.6 Å². The summed E-state index contributed by atoms with van der Waals surface area (Å²) in [5.41, 5.74) is 3.65. The van der Waals surface area contributed by atoms with Crippen LogP contribution in [0.1, 0.15) is 35.4 Å². The van der Waals surface area contributed by atoms with Gasteiger partial charge in [-0.1, -0.05) is 36.4 Å². The molecule has 1 fully saturated rings. The molecule has 182 valence electrons. The fraction of sp³-hybridized carbons (Fsp3) is 0.276. The van der Waals surface area contributed by atoms with Crippen molar-refractivity contribution in [1.29, 1.82) is 0 Å². The molecule has 1 saturated heterocycles. The second kappa shape index (κ2) is 11.6. The van der Waals surface area contributed by atoms with Gasteiger partial charge in [-0.25, -0.2) is 0 Å². The number of nitrogens with one attached hydrogen (secondary N) is 1. The van der Waals surface area contributed by atoms with Crippen molar-refractivity contribution in [3.63, 3.8) is 0 Å². The molecular weight excluding hydrogens is 440 g/mol. The summed E-state index contributed by atoms with van der Waals surface area (Å²) in [7, 11) is 3.67. The summed E-state index contributed by atoms with van der Waals surface area (Å²) < 4.78 is 11.1. The lowest BCUT2D eigenvalue weighted by molar-refractivity contribution is -0.111. The summed E-state index contributed by atoms with van der Waals surface area (Å²) in [5.74, 6) is 1.57. The number of carbonyl (C=O) groups is 1. The topological polar surface area (TPSA) is 71.0 Å². The van der Waals surface area contributed by atoms with Crippen molar-refractivity contribution in [2.45, 2.75) is 25.4 Å². The molecule has 4 rings (SSSR count). The molecular formula is C29H32N2O4. The quantitative estimate of drug-likeness (QED) is 0.427. The minimum absolute atomic E-state index is 0.0249. The van der Waals surface area contributed by atoms with Crippen molar-refractivity contribution < 1.29 is 19.4 Å². The smallest absolute Gasteiger partial charge is 0.248 e. The zero-order valence-corrected chi connectivity index (χ0v) is 20.2. The Bertz CT molecular complexity index is 1170. The molecule has 0 bridgehead atoms. The Kier molecular flexibility index (Phi) is 8.06. The van der Waals surface area contributed by atoms with Gasteiger partial charge >= 0.3 is 0 Å². The van der Waals surface area contributed by atoms with Crippen molar-refractivity contribution in [2.75, 3.05) is 32.6 Å². The monoisotopic (exact) mass is 472 g/mol. The van der Waals surface area contributed by atoms with E-state index in [2.05, 4.69) is 29.4 Å². The van der Waals surface area contributed by atoms with Gasteiger partial charge in [0.05, 0.1) is 7.11 Å². The van der Waals surface area contributed by atoms with Gasteiger partial charge in [-0.05, 0) is 86.4 Å². The fourth-order valence-corrected chi connectivity index (χ4v) is 4.26. The van der Waals surface area contributed by atoms with Gasteiger partial charge in [-0.2, -0.15) is 0 Å². The number of amides is 1. The van der Waals surface area contributed by atoms with Crippen LogP contribution in [-0.2, 0) is 11.4 Å². The SMILES string of the molecule is COc1ccc(/C=C/C(=O)Nc2ccccc2COc2ccc(C3CCN(C)CC3)cc2)cc1O. The zero-order chi connectivity index (χ0) is 24.6. The third-order valence-corrected chi connectivity index (χ3v) is 6.37. The molecule has 0 aromatic heterocycles. The Labute approximate surface area is 206 Å². The van der Waals surface area contributed by atoms with Gasteiger partial charge in [0, 0.05) is 17.3 Å². The first-order valence-electron chi connectivity index (χ1n) is 11.9. The van der Waals surface area contributed by atoms with Crippen LogP contribution in [0.25, 0.3) is 6.08 Å². The van der Waals surface area contributed by atoms with Crippen LogP contribution in [0.2, 0.25) is 0 Å². The van der Waals surface area contributed by atoms with E-state index < -0.39 is 0 Å². The number of anilines is 1. The zero-order valence-electron chi connectivity index (χ0n) is 20.2. The number of nitrogens with zero attached hydrogens (tertiary/aromatic N) is 1. The van der Waals surface area contributed by atoms with E-state index in [9.17, 15) is 9.90 Å². The molecule has 0 saturated carbocycles. The summed E-state index contributed by atoms with van der Waals surface area (Å²) in [6.07, 6.45) is 5.45. The van der Waals surface area contributed by atoms with Crippen LogP contribution in [0.5, 0.6) is 17.2 Å². The first kappa shape index (κ1) is 24.4. The number of hydrogen-bond acceptors (Lipinski definition) is 5. The van der Waals surface area contributed by atoms with Crippen LogP contribution in [0.15, 0.2) is 72.8 Å². The molecule has 0 atom stereocenters. The number of rotatable bonds is 8. The predicted octanol–water partition coefficient (Wildman–Crippen LogP) is 5.44. The highest BCUT2D eigenvalue weighted by Gasteiger charge is 2.18. The van der Waals surface area contributed by atoms with E-state index in [1.807, 2.05) is 36.4 Å². The number of hydrogen-bond donors (Lipinski definition) is 2. The molecule has 1 aliphatic heterocycles. The van der Waals surface area contributed by atoms with E-state index in [1.54, 1.807) is 24.3 Å². The van der Waals surface area contributed by atoms with Crippen LogP contribution in [-0.4, -0.2) is 43.2 Å². The van der Waals surface area contributed by atoms with Gasteiger partial charge in [0.25, 0.3) is 0 Å². The summed E-state index contributed by atoms with van der Waals surface area (Å²) in [6.45, 7) is 2.63. The van der Waals surface area contributed by atoms with Crippen LogP contribution < -0.4 is 14.8 Å². The van der Waals surface area contributed by atoms with Crippen LogP contribution in [0.3, 0.4) is 0 Å². The number of phenolic OH excluding ortho intramolecular Hbond substituents is 1. The van der Waals surface area contributed by atoms with E-state index >= 15 is 0 Å². The normalized spacial score (nSPS) is 14.7. The number of ether oxygens (including phenoxy) is 2. The number of para-hydroxylation sites is 1. The molecule has 3 aromatic rings. The highest BCUT2D eigenvalue weighted by atomic mass is 16.5. The second-order valence-corrected chi connectivity index (χ2v) is 8.85. The molecule has 1 amide bonds. The van der Waals surface area contributed by atoms with E-state index in [4.69, 9.17) is 9.47 Å². The van der Waals surface area contributed by atoms with Crippen molar-refractivity contribution in [2.24, 2.45) is 0 Å². The molecule has 0 aliphatic carbocycles. The Balaban J connectivity index is 1.34. The Morgan fingerprint density at radius 3 is 2.54 bits per heavy atom. The molecule has 2 N–H and O–H groups in total. The molecule has 0 radical (unpaired) electrons. The van der Waals surface area contributed by atoms with E-state index in [0.29, 0.717) is 29.5 Å². The molecule has 6 nitrogen and oxygen atoms in total. The van der Waals surface area contributed by atoms with Gasteiger partial charge in [-0.3, -0.25) is 4.79 Å². The number of likely N-dealkylation sites (tertiary alicyclic amines) is 1. The molecule has 0 spiro atoms. The maximum atomic E-state index is 12.5. The first-order chi connectivity index (χ1) is 17.0. The number of benzene rings is 3. The van der Waals surface area contributed by atoms with Crippen molar-refractivity contribution in [1.82, 2.24) is 4.90 Å². The Morgan fingerprint density at radius 2 is 1.83 bits per heavy atom. The van der Waals surface area contributed by atoms with E-state index in [-0.39, 0.29) is 11.7 Å². The average Bonchev–Trinajstić information content (AvgIpc) is 2.88. The molecule has 3 aromatic carbocycles. The molecule has 6 heteroatoms. The highest BCUT2D eigenvalue weighted by molar-refractivity contribution is 6.02. The molecule has 1 heterocycles. The van der Waals surface area contributed by atoms with Gasteiger partial charge in [0.1, 0.15) is 12.4 Å². The predicted molar refractivity (Wildman–Crippen MR) is 139 cm³/mol. The van der Waals surface area contributed by atoms with Crippen LogP contribution in [0.4, 0.5) is 5.69 Å². The van der Waals surface area contributed by atoms with Gasteiger partial charge < -0.3 is 24.8 Å². The first-order valence-corrected chi connectivity index (χ1v) is 11.9. The maximum Gasteiger partial charge on any atom is 0.248 e. The molecule has 35 heavy (non-hydrogen) atoms. The Hall–Kier alpha value is -3.77. The number of methoxy groups -OCH3 is 1. The number of piperidine rings is 1. The van der Waals surface area contributed by atoms with Crippen molar-refractivity contribution in [3.8, 4) is 17.2 Å². The largest absolute Gasteiger partial charge is 0.504 e. The summed E-state index contributed by atoms with van der Waals surface area (Å²) >= 11 is 0. The van der Waals surface area contributed by atoms with Crippen LogP contribution >= 0.6 is 0 Å². The lowest BCUT2D eigenvalue weighted by Crippen LogP contribution is -2.29. The minimum Gasteiger partial charge on any atom is -0.504 e. The maximum absolute atomic E-state index is 12.5. The number of carbonyl (C=O) groups excluding carboxylic acids is 1. The standard InChI is InChI=1S/C29H32N2O4/c1-31-17-15-23(16-18-31)22-9-11-25(12-10-22)35-20-24-5-3-4-6-26(24)30-29(33)14-8-21-7-13-28(34-2)27(32)19-21/h3-14,19,23,32H,15-18,20H2,1-2H3,(H,30,33)/b14-8+. The minimum atomic E-state index is -0.268. The van der Waals surface area contributed by atoms with Crippen molar-refractivity contribution >= 4 is 17.7 Å². The molecule has 1 aliphatic rings. The number of phenols is 1. The fourth-order valence-electron chi connectivity index (χ4n) is 4.26. The second-order valence-electron chi connectivity index (χ2n) is 8.85. The molecule has 0 unspecified atom stereocenters. The van der Waals surface area contributed by atoms with Crippen molar-refractivity contribution in [3.05, 3.63) is 89.5 Å². The average molecular weight is 473 g/mol. The summed E-state index contributed by atoms with van der Waals surface area (Å²) in [6, 6.07) is 20.9. The van der Waals surface area contributed by atoms with Gasteiger partial charge in [-0.15, -0.1) is 0 Å². The van der Waals surface area contributed by atoms with Gasteiger partial charge in [0.15, 0.2) is 11.5 Å². The third-order valence-electron chi connectivity index (χ3n) is 6.37. The summed E-state index contributed by atoms with van der Waals surface area (Å²) in [4.78, 5) is 14.9. The number of aromatic hydroxyl groups is 1. The van der Waals surface area contributed by atoms with E-state index in [0.717, 1.165) is 24.4 Å². The highest BCUT2D eigenvalue weighted by Crippen LogP contribution is 2.29. The lowest BCUT2D eigenvalue weighted by Gasteiger charge is -2.29. The van der Waals surface area contributed by atoms with Gasteiger partial charge in [0.2, 0.25) is 5.91 Å². The lowest BCUT2D eigenvalue weighted by atomic mass is 9.90.